The monoisotopic (exact) mass is 258 g/mol. The predicted molar refractivity (Wildman–Crippen MR) is 75.6 cm³/mol. The topological polar surface area (TPSA) is 45.6 Å². The lowest BCUT2D eigenvalue weighted by Crippen LogP contribution is -2.50. The number of fused-ring (bicyclic) bond motifs is 1. The third kappa shape index (κ3) is 2.24. The minimum Gasteiger partial charge on any atom is -0.508 e. The van der Waals surface area contributed by atoms with E-state index < -0.39 is 0 Å². The fourth-order valence-electron chi connectivity index (χ4n) is 2.70. The van der Waals surface area contributed by atoms with Crippen molar-refractivity contribution in [1.82, 2.24) is 4.98 Å². The number of anilines is 1. The number of hydrogen-bond donors (Lipinski definition) is 1. The fraction of sp³-hybridized carbons (Fsp3) is 0.400. The van der Waals surface area contributed by atoms with Crippen LogP contribution >= 0.6 is 0 Å². The van der Waals surface area contributed by atoms with Gasteiger partial charge in [0.05, 0.1) is 30.8 Å². The lowest BCUT2D eigenvalue weighted by molar-refractivity contribution is 0.0752. The maximum Gasteiger partial charge on any atom is 0.129 e. The van der Waals surface area contributed by atoms with Gasteiger partial charge in [0.15, 0.2) is 0 Å². The first-order valence-electron chi connectivity index (χ1n) is 6.61. The highest BCUT2D eigenvalue weighted by Crippen LogP contribution is 2.25. The molecule has 1 aromatic heterocycles. The van der Waals surface area contributed by atoms with Gasteiger partial charge in [-0.1, -0.05) is 0 Å². The molecular weight excluding hydrogens is 240 g/mol. The van der Waals surface area contributed by atoms with Crippen LogP contribution < -0.4 is 4.90 Å². The van der Waals surface area contributed by atoms with E-state index in [9.17, 15) is 5.11 Å². The lowest BCUT2D eigenvalue weighted by Gasteiger charge is -2.39. The highest BCUT2D eigenvalue weighted by atomic mass is 16.5. The summed E-state index contributed by atoms with van der Waals surface area (Å²) in [5, 5.41) is 10.4. The van der Waals surface area contributed by atoms with Gasteiger partial charge in [0.1, 0.15) is 11.6 Å². The van der Waals surface area contributed by atoms with Crippen LogP contribution in [-0.4, -0.2) is 35.4 Å². The van der Waals surface area contributed by atoms with Gasteiger partial charge < -0.3 is 14.7 Å². The second kappa shape index (κ2) is 4.70. The Morgan fingerprint density at radius 2 is 1.89 bits per heavy atom. The molecular formula is C15H18N2O2. The van der Waals surface area contributed by atoms with E-state index in [0.29, 0.717) is 12.1 Å². The molecule has 2 aromatic rings. The van der Waals surface area contributed by atoms with Gasteiger partial charge in [-0.15, -0.1) is 0 Å². The van der Waals surface area contributed by atoms with Gasteiger partial charge in [-0.3, -0.25) is 0 Å². The minimum absolute atomic E-state index is 0.273. The van der Waals surface area contributed by atoms with E-state index in [-0.39, 0.29) is 5.75 Å². The largest absolute Gasteiger partial charge is 0.508 e. The number of rotatable bonds is 1. The van der Waals surface area contributed by atoms with Crippen LogP contribution in [0.5, 0.6) is 5.75 Å². The number of aromatic nitrogens is 1. The Labute approximate surface area is 112 Å². The van der Waals surface area contributed by atoms with E-state index in [0.717, 1.165) is 29.9 Å². The van der Waals surface area contributed by atoms with Crippen molar-refractivity contribution >= 4 is 16.7 Å². The average Bonchev–Trinajstić information content (AvgIpc) is 2.38. The second-order valence-corrected chi connectivity index (χ2v) is 5.19. The highest BCUT2D eigenvalue weighted by Gasteiger charge is 2.26. The first kappa shape index (κ1) is 12.2. The van der Waals surface area contributed by atoms with Crippen LogP contribution in [0.15, 0.2) is 30.3 Å². The first-order chi connectivity index (χ1) is 9.15. The normalized spacial score (nSPS) is 23.8. The molecule has 1 aliphatic rings. The molecule has 0 spiro atoms. The number of phenols is 1. The summed E-state index contributed by atoms with van der Waals surface area (Å²) in [6.07, 6.45) is 0. The van der Waals surface area contributed by atoms with Crippen LogP contribution in [0.4, 0.5) is 5.82 Å². The van der Waals surface area contributed by atoms with Crippen molar-refractivity contribution in [2.75, 3.05) is 18.1 Å². The fourth-order valence-corrected chi connectivity index (χ4v) is 2.70. The third-order valence-electron chi connectivity index (χ3n) is 3.59. The van der Waals surface area contributed by atoms with Crippen molar-refractivity contribution in [3.63, 3.8) is 0 Å². The molecule has 0 radical (unpaired) electrons. The molecule has 0 amide bonds. The smallest absolute Gasteiger partial charge is 0.129 e. The zero-order valence-electron chi connectivity index (χ0n) is 11.2. The van der Waals surface area contributed by atoms with Crippen LogP contribution in [0.3, 0.4) is 0 Å². The van der Waals surface area contributed by atoms with E-state index in [1.165, 1.54) is 0 Å². The summed E-state index contributed by atoms with van der Waals surface area (Å²) in [6.45, 7) is 5.77. The van der Waals surface area contributed by atoms with Gasteiger partial charge in [-0.2, -0.15) is 0 Å². The Hall–Kier alpha value is -1.81. The minimum atomic E-state index is 0.273. The van der Waals surface area contributed by atoms with Crippen molar-refractivity contribution in [2.24, 2.45) is 0 Å². The zero-order valence-corrected chi connectivity index (χ0v) is 11.2. The van der Waals surface area contributed by atoms with Crippen molar-refractivity contribution in [3.8, 4) is 5.75 Å². The van der Waals surface area contributed by atoms with E-state index >= 15 is 0 Å². The van der Waals surface area contributed by atoms with E-state index in [4.69, 9.17) is 9.72 Å². The summed E-state index contributed by atoms with van der Waals surface area (Å²) >= 11 is 0. The van der Waals surface area contributed by atoms with Crippen LogP contribution in [0.2, 0.25) is 0 Å². The Morgan fingerprint density at radius 1 is 1.16 bits per heavy atom. The van der Waals surface area contributed by atoms with Gasteiger partial charge in [-0.25, -0.2) is 4.98 Å². The zero-order chi connectivity index (χ0) is 13.4. The SMILES string of the molecule is C[C@@H]1COC[C@H](C)N1c1ccc2cc(O)ccc2n1. The van der Waals surface area contributed by atoms with E-state index in [1.54, 1.807) is 12.1 Å². The van der Waals surface area contributed by atoms with Gasteiger partial charge in [-0.05, 0) is 44.2 Å². The van der Waals surface area contributed by atoms with Gasteiger partial charge in [0.25, 0.3) is 0 Å². The molecule has 19 heavy (non-hydrogen) atoms. The molecule has 0 aliphatic carbocycles. The van der Waals surface area contributed by atoms with Crippen molar-refractivity contribution < 1.29 is 9.84 Å². The molecule has 1 aromatic carbocycles. The quantitative estimate of drug-likeness (QED) is 0.854. The maximum absolute atomic E-state index is 9.48. The summed E-state index contributed by atoms with van der Waals surface area (Å²) < 4.78 is 5.55. The maximum atomic E-state index is 9.48. The van der Waals surface area contributed by atoms with Gasteiger partial charge in [0.2, 0.25) is 0 Å². The second-order valence-electron chi connectivity index (χ2n) is 5.19. The Balaban J connectivity index is 2.02. The van der Waals surface area contributed by atoms with Crippen molar-refractivity contribution in [1.29, 1.82) is 0 Å². The van der Waals surface area contributed by atoms with Crippen molar-refractivity contribution in [2.45, 2.75) is 25.9 Å². The number of morpholine rings is 1. The van der Waals surface area contributed by atoms with E-state index in [1.807, 2.05) is 18.2 Å². The molecule has 100 valence electrons. The molecule has 1 aliphatic heterocycles. The lowest BCUT2D eigenvalue weighted by atomic mass is 10.1. The van der Waals surface area contributed by atoms with Crippen LogP contribution in [0, 0.1) is 0 Å². The molecule has 0 unspecified atom stereocenters. The van der Waals surface area contributed by atoms with Gasteiger partial charge in [0, 0.05) is 5.39 Å². The predicted octanol–water partition coefficient (Wildman–Crippen LogP) is 2.55. The van der Waals surface area contributed by atoms with Crippen LogP contribution in [0.1, 0.15) is 13.8 Å². The summed E-state index contributed by atoms with van der Waals surface area (Å²) in [7, 11) is 0. The standard InChI is InChI=1S/C15H18N2O2/c1-10-8-19-9-11(2)17(10)15-6-3-12-7-13(18)4-5-14(12)16-15/h3-7,10-11,18H,8-9H2,1-2H3/t10-,11+. The number of hydrogen-bond acceptors (Lipinski definition) is 4. The highest BCUT2D eigenvalue weighted by molar-refractivity contribution is 5.81. The molecule has 0 bridgehead atoms. The first-order valence-corrected chi connectivity index (χ1v) is 6.61. The number of nitrogens with zero attached hydrogens (tertiary/aromatic N) is 2. The summed E-state index contributed by atoms with van der Waals surface area (Å²) in [6, 6.07) is 9.93. The number of benzene rings is 1. The number of aromatic hydroxyl groups is 1. The summed E-state index contributed by atoms with van der Waals surface area (Å²) in [5.74, 6) is 1.25. The average molecular weight is 258 g/mol. The molecule has 2 heterocycles. The Kier molecular flexibility index (Phi) is 3.03. The summed E-state index contributed by atoms with van der Waals surface area (Å²) in [4.78, 5) is 7.00. The molecule has 1 fully saturated rings. The molecule has 0 saturated carbocycles. The van der Waals surface area contributed by atoms with Crippen LogP contribution in [0.25, 0.3) is 10.9 Å². The molecule has 1 N–H and O–H groups in total. The van der Waals surface area contributed by atoms with Gasteiger partial charge >= 0.3 is 0 Å². The number of phenolic OH excluding ortho intramolecular Hbond substituents is 1. The van der Waals surface area contributed by atoms with Crippen LogP contribution in [-0.2, 0) is 4.74 Å². The number of pyridine rings is 1. The third-order valence-corrected chi connectivity index (χ3v) is 3.59. The molecule has 4 nitrogen and oxygen atoms in total. The molecule has 3 rings (SSSR count). The summed E-state index contributed by atoms with van der Waals surface area (Å²) in [5.41, 5.74) is 0.904. The molecule has 4 heteroatoms. The molecule has 2 atom stereocenters. The molecule has 1 saturated heterocycles. The van der Waals surface area contributed by atoms with E-state index in [2.05, 4.69) is 18.7 Å². The Morgan fingerprint density at radius 3 is 2.63 bits per heavy atom. The Bertz CT molecular complexity index is 590. The van der Waals surface area contributed by atoms with Crippen molar-refractivity contribution in [3.05, 3.63) is 30.3 Å². The number of ether oxygens (including phenoxy) is 1.